The molecule has 3 rings (SSSR count). The Bertz CT molecular complexity index is 748. The number of nitrogens with zero attached hydrogens (tertiary/aromatic N) is 4. The Morgan fingerprint density at radius 3 is 2.69 bits per heavy atom. The van der Waals surface area contributed by atoms with Gasteiger partial charge in [0, 0.05) is 38.1 Å². The number of amides is 1. The van der Waals surface area contributed by atoms with Gasteiger partial charge in [-0.3, -0.25) is 9.78 Å². The molecule has 2 aromatic rings. The average molecular weight is 355 g/mol. The highest BCUT2D eigenvalue weighted by Crippen LogP contribution is 2.25. The van der Waals surface area contributed by atoms with Crippen LogP contribution in [0.15, 0.2) is 36.7 Å². The summed E-state index contributed by atoms with van der Waals surface area (Å²) in [5, 5.41) is 3.03. The Kier molecular flexibility index (Phi) is 5.80. The number of nitrogens with one attached hydrogen (secondary N) is 1. The van der Waals surface area contributed by atoms with Crippen molar-refractivity contribution in [2.24, 2.45) is 0 Å². The summed E-state index contributed by atoms with van der Waals surface area (Å²) in [6.45, 7) is 2.37. The molecule has 1 amide bonds. The molecule has 0 aliphatic carbocycles. The molecular weight excluding hydrogens is 330 g/mol. The summed E-state index contributed by atoms with van der Waals surface area (Å²) < 4.78 is 5.84. The predicted molar refractivity (Wildman–Crippen MR) is 100 cm³/mol. The number of benzene rings is 1. The van der Waals surface area contributed by atoms with Crippen LogP contribution < -0.4 is 5.32 Å². The first-order valence-electron chi connectivity index (χ1n) is 8.71. The topological polar surface area (TPSA) is 70.6 Å². The number of ether oxygens (including phenoxy) is 1. The summed E-state index contributed by atoms with van der Waals surface area (Å²) in [7, 11) is 5.85. The van der Waals surface area contributed by atoms with Gasteiger partial charge in [0.05, 0.1) is 13.2 Å². The maximum Gasteiger partial charge on any atom is 0.254 e. The summed E-state index contributed by atoms with van der Waals surface area (Å²) in [4.78, 5) is 25.5. The quantitative estimate of drug-likeness (QED) is 0.882. The smallest absolute Gasteiger partial charge is 0.254 e. The largest absolute Gasteiger partial charge is 0.372 e. The molecule has 0 radical (unpaired) electrons. The number of hydrogen-bond acceptors (Lipinski definition) is 6. The van der Waals surface area contributed by atoms with Crippen LogP contribution in [0.1, 0.15) is 27.7 Å². The van der Waals surface area contributed by atoms with Gasteiger partial charge >= 0.3 is 0 Å². The first-order valence-corrected chi connectivity index (χ1v) is 8.71. The van der Waals surface area contributed by atoms with Crippen molar-refractivity contribution < 1.29 is 9.53 Å². The van der Waals surface area contributed by atoms with E-state index in [0.29, 0.717) is 31.1 Å². The van der Waals surface area contributed by atoms with Crippen LogP contribution in [0.2, 0.25) is 0 Å². The molecular formula is C19H25N5O2. The summed E-state index contributed by atoms with van der Waals surface area (Å²) in [6.07, 6.45) is 3.00. The second kappa shape index (κ2) is 8.25. The van der Waals surface area contributed by atoms with Crippen molar-refractivity contribution in [1.29, 1.82) is 0 Å². The van der Waals surface area contributed by atoms with Crippen molar-refractivity contribution >= 4 is 11.7 Å². The second-order valence-corrected chi connectivity index (χ2v) is 6.59. The van der Waals surface area contributed by atoms with Gasteiger partial charge in [0.2, 0.25) is 0 Å². The molecule has 138 valence electrons. The van der Waals surface area contributed by atoms with Gasteiger partial charge in [0.15, 0.2) is 0 Å². The lowest BCUT2D eigenvalue weighted by atomic mass is 10.1. The zero-order valence-corrected chi connectivity index (χ0v) is 15.5. The lowest BCUT2D eigenvalue weighted by Gasteiger charge is -2.33. The van der Waals surface area contributed by atoms with Gasteiger partial charge in [-0.15, -0.1) is 0 Å². The molecule has 1 atom stereocenters. The van der Waals surface area contributed by atoms with Crippen molar-refractivity contribution in [3.05, 3.63) is 53.5 Å². The average Bonchev–Trinajstić information content (AvgIpc) is 2.67. The van der Waals surface area contributed by atoms with Crippen molar-refractivity contribution in [1.82, 2.24) is 19.8 Å². The lowest BCUT2D eigenvalue weighted by Crippen LogP contribution is -2.42. The van der Waals surface area contributed by atoms with Crippen LogP contribution in [0.25, 0.3) is 0 Å². The third-order valence-corrected chi connectivity index (χ3v) is 4.32. The molecule has 1 fully saturated rings. The monoisotopic (exact) mass is 355 g/mol. The van der Waals surface area contributed by atoms with Gasteiger partial charge in [-0.25, -0.2) is 4.98 Å². The number of anilines is 1. The molecule has 1 aliphatic rings. The molecule has 1 N–H and O–H groups in total. The van der Waals surface area contributed by atoms with E-state index in [-0.39, 0.29) is 12.0 Å². The minimum absolute atomic E-state index is 0.0181. The van der Waals surface area contributed by atoms with E-state index >= 15 is 0 Å². The van der Waals surface area contributed by atoms with E-state index in [1.54, 1.807) is 19.4 Å². The van der Waals surface area contributed by atoms with E-state index in [0.717, 1.165) is 12.2 Å². The fraction of sp³-hybridized carbons (Fsp3) is 0.421. The van der Waals surface area contributed by atoms with Gasteiger partial charge in [-0.2, -0.15) is 0 Å². The van der Waals surface area contributed by atoms with Crippen LogP contribution in [0.4, 0.5) is 5.82 Å². The fourth-order valence-corrected chi connectivity index (χ4v) is 3.08. The summed E-state index contributed by atoms with van der Waals surface area (Å²) in [6, 6.07) is 7.81. The fourth-order valence-electron chi connectivity index (χ4n) is 3.08. The predicted octanol–water partition coefficient (Wildman–Crippen LogP) is 1.79. The van der Waals surface area contributed by atoms with E-state index in [1.165, 1.54) is 5.56 Å². The Morgan fingerprint density at radius 1 is 1.27 bits per heavy atom. The van der Waals surface area contributed by atoms with Gasteiger partial charge in [0.1, 0.15) is 17.6 Å². The van der Waals surface area contributed by atoms with Crippen molar-refractivity contribution in [2.45, 2.75) is 12.6 Å². The van der Waals surface area contributed by atoms with Crippen LogP contribution in [0.3, 0.4) is 0 Å². The van der Waals surface area contributed by atoms with Crippen LogP contribution in [-0.4, -0.2) is 66.5 Å². The van der Waals surface area contributed by atoms with Crippen molar-refractivity contribution in [3.63, 3.8) is 0 Å². The van der Waals surface area contributed by atoms with Crippen LogP contribution in [0, 0.1) is 0 Å². The van der Waals surface area contributed by atoms with E-state index in [9.17, 15) is 4.79 Å². The molecule has 2 heterocycles. The Balaban J connectivity index is 1.72. The highest BCUT2D eigenvalue weighted by Gasteiger charge is 2.28. The first-order chi connectivity index (χ1) is 12.6. The number of carbonyl (C=O) groups excluding carboxylic acids is 1. The standard InChI is InChI=1S/C19H25N5O2/c1-20-18-17(21-8-9-22-18)16-13-24(10-11-26-16)19(25)15-6-4-14(5-7-15)12-23(2)3/h4-9,16H,10-13H2,1-3H3,(H,20,22)/t16-/m1/s1. The maximum atomic E-state index is 12.9. The van der Waals surface area contributed by atoms with E-state index in [1.807, 2.05) is 43.3 Å². The van der Waals surface area contributed by atoms with Gasteiger partial charge < -0.3 is 19.9 Å². The van der Waals surface area contributed by atoms with Crippen LogP contribution in [-0.2, 0) is 11.3 Å². The molecule has 0 unspecified atom stereocenters. The first kappa shape index (κ1) is 18.3. The van der Waals surface area contributed by atoms with Gasteiger partial charge in [-0.1, -0.05) is 12.1 Å². The molecule has 0 spiro atoms. The normalized spacial score (nSPS) is 17.4. The highest BCUT2D eigenvalue weighted by molar-refractivity contribution is 5.94. The summed E-state index contributed by atoms with van der Waals surface area (Å²) in [5.74, 6) is 0.699. The van der Waals surface area contributed by atoms with Crippen molar-refractivity contribution in [2.75, 3.05) is 46.2 Å². The highest BCUT2D eigenvalue weighted by atomic mass is 16.5. The maximum absolute atomic E-state index is 12.9. The summed E-state index contributed by atoms with van der Waals surface area (Å²) >= 11 is 0. The number of aromatic nitrogens is 2. The number of morpholine rings is 1. The molecule has 0 bridgehead atoms. The molecule has 7 heteroatoms. The summed E-state index contributed by atoms with van der Waals surface area (Å²) in [5.41, 5.74) is 2.61. The minimum atomic E-state index is -0.281. The molecule has 1 saturated heterocycles. The van der Waals surface area contributed by atoms with Gasteiger partial charge in [0.25, 0.3) is 5.91 Å². The second-order valence-electron chi connectivity index (χ2n) is 6.59. The zero-order chi connectivity index (χ0) is 18.5. The van der Waals surface area contributed by atoms with Crippen molar-refractivity contribution in [3.8, 4) is 0 Å². The minimum Gasteiger partial charge on any atom is -0.372 e. The Hall–Kier alpha value is -2.51. The molecule has 1 aromatic heterocycles. The SMILES string of the molecule is CNc1nccnc1[C@H]1CN(C(=O)c2ccc(CN(C)C)cc2)CCO1. The van der Waals surface area contributed by atoms with E-state index in [4.69, 9.17) is 4.74 Å². The molecule has 0 saturated carbocycles. The molecule has 1 aromatic carbocycles. The zero-order valence-electron chi connectivity index (χ0n) is 15.5. The third-order valence-electron chi connectivity index (χ3n) is 4.32. The van der Waals surface area contributed by atoms with Crippen LogP contribution in [0.5, 0.6) is 0 Å². The van der Waals surface area contributed by atoms with Crippen LogP contribution >= 0.6 is 0 Å². The number of carbonyl (C=O) groups is 1. The Morgan fingerprint density at radius 2 is 2.00 bits per heavy atom. The van der Waals surface area contributed by atoms with E-state index < -0.39 is 0 Å². The molecule has 1 aliphatic heterocycles. The van der Waals surface area contributed by atoms with Gasteiger partial charge in [-0.05, 0) is 31.8 Å². The third kappa shape index (κ3) is 4.17. The number of rotatable bonds is 5. The number of hydrogen-bond donors (Lipinski definition) is 1. The lowest BCUT2D eigenvalue weighted by molar-refractivity contribution is -0.0245. The van der Waals surface area contributed by atoms with E-state index in [2.05, 4.69) is 20.2 Å². The molecule has 7 nitrogen and oxygen atoms in total. The molecule has 26 heavy (non-hydrogen) atoms. The Labute approximate surface area is 154 Å².